The van der Waals surface area contributed by atoms with E-state index in [0.717, 1.165) is 10.2 Å². The predicted octanol–water partition coefficient (Wildman–Crippen LogP) is 1.40. The largest absolute Gasteiger partial charge is 0.387 e. The minimum Gasteiger partial charge on any atom is -0.387 e. The molecule has 2 N–H and O–H groups in total. The maximum Gasteiger partial charge on any atom is 0.240 e. The molecule has 0 aliphatic carbocycles. The highest BCUT2D eigenvalue weighted by Crippen LogP contribution is 2.24. The molecule has 0 spiro atoms. The molecule has 14 heavy (non-hydrogen) atoms. The number of benzene rings is 1. The van der Waals surface area contributed by atoms with Crippen molar-refractivity contribution in [2.75, 3.05) is 19.4 Å². The van der Waals surface area contributed by atoms with Crippen LogP contribution < -0.4 is 10.0 Å². The second-order valence-electron chi connectivity index (χ2n) is 2.60. The van der Waals surface area contributed by atoms with Gasteiger partial charge >= 0.3 is 0 Å². The van der Waals surface area contributed by atoms with Crippen LogP contribution in [0.5, 0.6) is 0 Å². The van der Waals surface area contributed by atoms with E-state index in [1.807, 2.05) is 0 Å². The van der Waals surface area contributed by atoms with Gasteiger partial charge in [0.25, 0.3) is 0 Å². The molecule has 0 fully saturated rings. The monoisotopic (exact) mass is 278 g/mol. The summed E-state index contributed by atoms with van der Waals surface area (Å²) in [5.74, 6) is 0. The van der Waals surface area contributed by atoms with Crippen LogP contribution in [-0.2, 0) is 10.0 Å². The van der Waals surface area contributed by atoms with Crippen LogP contribution in [-0.4, -0.2) is 22.5 Å². The molecular formula is C8H11BrN2O2S. The first-order chi connectivity index (χ1) is 6.51. The zero-order chi connectivity index (χ0) is 10.8. The smallest absolute Gasteiger partial charge is 0.240 e. The first-order valence-electron chi connectivity index (χ1n) is 3.92. The van der Waals surface area contributed by atoms with Gasteiger partial charge in [-0.25, -0.2) is 13.1 Å². The van der Waals surface area contributed by atoms with Gasteiger partial charge in [-0.05, 0) is 41.2 Å². The van der Waals surface area contributed by atoms with E-state index < -0.39 is 10.0 Å². The number of hydrogen-bond donors (Lipinski definition) is 2. The number of anilines is 1. The van der Waals surface area contributed by atoms with E-state index in [-0.39, 0.29) is 4.90 Å². The Hall–Kier alpha value is -0.590. The van der Waals surface area contributed by atoms with Crippen molar-refractivity contribution >= 4 is 31.6 Å². The average molecular weight is 279 g/mol. The van der Waals surface area contributed by atoms with Gasteiger partial charge in [0.15, 0.2) is 0 Å². The lowest BCUT2D eigenvalue weighted by atomic mass is 10.3. The minimum atomic E-state index is -3.35. The summed E-state index contributed by atoms with van der Waals surface area (Å²) in [7, 11) is -0.199. The van der Waals surface area contributed by atoms with Gasteiger partial charge < -0.3 is 5.32 Å². The van der Waals surface area contributed by atoms with E-state index in [1.165, 1.54) is 7.05 Å². The van der Waals surface area contributed by atoms with E-state index in [4.69, 9.17) is 0 Å². The number of nitrogens with one attached hydrogen (secondary N) is 2. The van der Waals surface area contributed by atoms with Gasteiger partial charge in [-0.2, -0.15) is 0 Å². The van der Waals surface area contributed by atoms with Crippen LogP contribution in [0.2, 0.25) is 0 Å². The van der Waals surface area contributed by atoms with Crippen molar-refractivity contribution in [3.63, 3.8) is 0 Å². The summed E-state index contributed by atoms with van der Waals surface area (Å²) in [5, 5.41) is 2.93. The van der Waals surface area contributed by atoms with Crippen LogP contribution in [0.4, 0.5) is 5.69 Å². The lowest BCUT2D eigenvalue weighted by Crippen LogP contribution is -2.18. The molecule has 0 saturated heterocycles. The van der Waals surface area contributed by atoms with Gasteiger partial charge in [0.2, 0.25) is 10.0 Å². The van der Waals surface area contributed by atoms with Gasteiger partial charge in [0.1, 0.15) is 0 Å². The van der Waals surface area contributed by atoms with Gasteiger partial charge in [-0.3, -0.25) is 0 Å². The van der Waals surface area contributed by atoms with Gasteiger partial charge in [-0.15, -0.1) is 0 Å². The van der Waals surface area contributed by atoms with Crippen LogP contribution in [0.25, 0.3) is 0 Å². The fourth-order valence-corrected chi connectivity index (χ4v) is 2.47. The summed E-state index contributed by atoms with van der Waals surface area (Å²) in [6, 6.07) is 4.80. The molecular weight excluding hydrogens is 268 g/mol. The van der Waals surface area contributed by atoms with Crippen LogP contribution in [0.1, 0.15) is 0 Å². The first kappa shape index (κ1) is 11.5. The Morgan fingerprint density at radius 1 is 1.29 bits per heavy atom. The van der Waals surface area contributed by atoms with Gasteiger partial charge in [0.05, 0.1) is 4.90 Å². The summed E-state index contributed by atoms with van der Waals surface area (Å²) in [5.41, 5.74) is 0.847. The normalized spacial score (nSPS) is 11.4. The van der Waals surface area contributed by atoms with Crippen molar-refractivity contribution in [2.24, 2.45) is 0 Å². The Kier molecular flexibility index (Phi) is 3.52. The lowest BCUT2D eigenvalue weighted by Gasteiger charge is -2.06. The molecule has 0 saturated carbocycles. The molecule has 0 radical (unpaired) electrons. The molecule has 4 nitrogen and oxygen atoms in total. The minimum absolute atomic E-state index is 0.242. The highest BCUT2D eigenvalue weighted by Gasteiger charge is 2.12. The number of sulfonamides is 1. The summed E-state index contributed by atoms with van der Waals surface area (Å²) in [6.45, 7) is 0. The summed E-state index contributed by atoms with van der Waals surface area (Å²) in [4.78, 5) is 0.242. The summed E-state index contributed by atoms with van der Waals surface area (Å²) < 4.78 is 25.8. The van der Waals surface area contributed by atoms with E-state index in [9.17, 15) is 8.42 Å². The fraction of sp³-hybridized carbons (Fsp3) is 0.250. The SMILES string of the molecule is CNc1ccc(S(=O)(=O)NC)cc1Br. The summed E-state index contributed by atoms with van der Waals surface area (Å²) in [6.07, 6.45) is 0. The Labute approximate surface area is 91.9 Å². The Balaban J connectivity index is 3.22. The van der Waals surface area contributed by atoms with Crippen LogP contribution >= 0.6 is 15.9 Å². The van der Waals surface area contributed by atoms with Crippen molar-refractivity contribution < 1.29 is 8.42 Å². The maximum absolute atomic E-state index is 11.4. The Bertz CT molecular complexity index is 431. The molecule has 0 bridgehead atoms. The third-order valence-corrected chi connectivity index (χ3v) is 3.86. The molecule has 1 rings (SSSR count). The van der Waals surface area contributed by atoms with Crippen molar-refractivity contribution in [1.82, 2.24) is 4.72 Å². The fourth-order valence-electron chi connectivity index (χ4n) is 0.984. The van der Waals surface area contributed by atoms with Crippen LogP contribution in [0, 0.1) is 0 Å². The molecule has 0 aromatic heterocycles. The van der Waals surface area contributed by atoms with E-state index in [1.54, 1.807) is 25.2 Å². The molecule has 1 aromatic carbocycles. The highest BCUT2D eigenvalue weighted by atomic mass is 79.9. The molecule has 6 heteroatoms. The lowest BCUT2D eigenvalue weighted by molar-refractivity contribution is 0.588. The van der Waals surface area contributed by atoms with Gasteiger partial charge in [0, 0.05) is 17.2 Å². The molecule has 0 aliphatic heterocycles. The summed E-state index contributed by atoms with van der Waals surface area (Å²) >= 11 is 3.27. The van der Waals surface area contributed by atoms with E-state index >= 15 is 0 Å². The first-order valence-corrected chi connectivity index (χ1v) is 6.19. The molecule has 0 aliphatic rings. The molecule has 78 valence electrons. The quantitative estimate of drug-likeness (QED) is 0.879. The van der Waals surface area contributed by atoms with Gasteiger partial charge in [-0.1, -0.05) is 0 Å². The molecule has 0 unspecified atom stereocenters. The zero-order valence-corrected chi connectivity index (χ0v) is 10.2. The van der Waals surface area contributed by atoms with E-state index in [2.05, 4.69) is 26.0 Å². The molecule has 0 heterocycles. The van der Waals surface area contributed by atoms with Crippen LogP contribution in [0.3, 0.4) is 0 Å². The highest BCUT2D eigenvalue weighted by molar-refractivity contribution is 9.10. The Morgan fingerprint density at radius 3 is 2.36 bits per heavy atom. The standard InChI is InChI=1S/C8H11BrN2O2S/c1-10-8-4-3-6(5-7(8)9)14(12,13)11-2/h3-5,10-11H,1-2H3. The van der Waals surface area contributed by atoms with Crippen molar-refractivity contribution in [3.05, 3.63) is 22.7 Å². The third kappa shape index (κ3) is 2.26. The average Bonchev–Trinajstić information content (AvgIpc) is 2.17. The van der Waals surface area contributed by atoms with Crippen LogP contribution in [0.15, 0.2) is 27.6 Å². The molecule has 0 amide bonds. The zero-order valence-electron chi connectivity index (χ0n) is 7.83. The third-order valence-electron chi connectivity index (χ3n) is 1.79. The number of rotatable bonds is 3. The van der Waals surface area contributed by atoms with Crippen molar-refractivity contribution in [1.29, 1.82) is 0 Å². The predicted molar refractivity (Wildman–Crippen MR) is 59.9 cm³/mol. The Morgan fingerprint density at radius 2 is 1.93 bits per heavy atom. The van der Waals surface area contributed by atoms with E-state index in [0.29, 0.717) is 0 Å². The molecule has 0 atom stereocenters. The maximum atomic E-state index is 11.4. The number of hydrogen-bond acceptors (Lipinski definition) is 3. The topological polar surface area (TPSA) is 58.2 Å². The second-order valence-corrected chi connectivity index (χ2v) is 5.34. The number of halogens is 1. The second kappa shape index (κ2) is 4.29. The van der Waals surface area contributed by atoms with Crippen molar-refractivity contribution in [2.45, 2.75) is 4.90 Å². The molecule has 1 aromatic rings. The van der Waals surface area contributed by atoms with Crippen molar-refractivity contribution in [3.8, 4) is 0 Å².